The van der Waals surface area contributed by atoms with Gasteiger partial charge < -0.3 is 15.4 Å². The molecular formula is C14H19N5O2. The van der Waals surface area contributed by atoms with E-state index >= 15 is 0 Å². The highest BCUT2D eigenvalue weighted by Gasteiger charge is 2.21. The molecule has 1 aliphatic rings. The van der Waals surface area contributed by atoms with Crippen LogP contribution in [0.5, 0.6) is 0 Å². The molecule has 0 aromatic carbocycles. The highest BCUT2D eigenvalue weighted by Crippen LogP contribution is 2.23. The zero-order chi connectivity index (χ0) is 14.7. The molecule has 1 amide bonds. The van der Waals surface area contributed by atoms with Gasteiger partial charge in [-0.25, -0.2) is 9.67 Å². The van der Waals surface area contributed by atoms with E-state index in [1.54, 1.807) is 30.3 Å². The largest absolute Gasteiger partial charge is 0.362 e. The Morgan fingerprint density at radius 3 is 3.10 bits per heavy atom. The molecule has 2 aromatic rings. The summed E-state index contributed by atoms with van der Waals surface area (Å²) in [5, 5.41) is 11.3. The number of amides is 1. The summed E-state index contributed by atoms with van der Waals surface area (Å²) < 4.78 is 6.74. The first-order valence-corrected chi connectivity index (χ1v) is 7.10. The Hall–Kier alpha value is -1.99. The summed E-state index contributed by atoms with van der Waals surface area (Å²) in [7, 11) is 1.61. The molecule has 1 fully saturated rings. The number of hydrogen-bond donors (Lipinski definition) is 2. The molecule has 21 heavy (non-hydrogen) atoms. The van der Waals surface area contributed by atoms with E-state index in [-0.39, 0.29) is 11.8 Å². The van der Waals surface area contributed by atoms with Gasteiger partial charge in [-0.15, -0.1) is 0 Å². The minimum absolute atomic E-state index is 0.0727. The van der Waals surface area contributed by atoms with Crippen molar-refractivity contribution in [3.8, 4) is 0 Å². The quantitative estimate of drug-likeness (QED) is 0.876. The van der Waals surface area contributed by atoms with E-state index in [4.69, 9.17) is 4.74 Å². The van der Waals surface area contributed by atoms with Crippen LogP contribution in [0.2, 0.25) is 0 Å². The van der Waals surface area contributed by atoms with Crippen LogP contribution in [0.15, 0.2) is 18.5 Å². The number of methoxy groups -OCH3 is 1. The molecule has 0 spiro atoms. The van der Waals surface area contributed by atoms with E-state index in [1.165, 1.54) is 0 Å². The van der Waals surface area contributed by atoms with Gasteiger partial charge in [0.2, 0.25) is 5.91 Å². The summed E-state index contributed by atoms with van der Waals surface area (Å²) >= 11 is 0. The number of pyridine rings is 1. The second-order valence-electron chi connectivity index (χ2n) is 5.17. The maximum absolute atomic E-state index is 12.3. The monoisotopic (exact) mass is 289 g/mol. The van der Waals surface area contributed by atoms with Gasteiger partial charge in [-0.3, -0.25) is 4.79 Å². The predicted molar refractivity (Wildman–Crippen MR) is 78.8 cm³/mol. The Balaban J connectivity index is 1.81. The third-order valence-corrected chi connectivity index (χ3v) is 3.76. The molecule has 2 N–H and O–H groups in total. The van der Waals surface area contributed by atoms with Crippen molar-refractivity contribution >= 4 is 22.6 Å². The summed E-state index contributed by atoms with van der Waals surface area (Å²) in [5.41, 5.74) is 1.46. The van der Waals surface area contributed by atoms with Crippen LogP contribution in [0.4, 0.5) is 5.69 Å². The van der Waals surface area contributed by atoms with Gasteiger partial charge in [0.15, 0.2) is 5.65 Å². The van der Waals surface area contributed by atoms with Gasteiger partial charge in [0.1, 0.15) is 6.73 Å². The van der Waals surface area contributed by atoms with Gasteiger partial charge in [0.25, 0.3) is 0 Å². The topological polar surface area (TPSA) is 81.1 Å². The zero-order valence-electron chi connectivity index (χ0n) is 12.0. The third-order valence-electron chi connectivity index (χ3n) is 3.76. The lowest BCUT2D eigenvalue weighted by Crippen LogP contribution is -2.34. The molecule has 3 rings (SSSR count). The first-order valence-electron chi connectivity index (χ1n) is 7.10. The average molecular weight is 289 g/mol. The minimum Gasteiger partial charge on any atom is -0.362 e. The molecule has 1 saturated heterocycles. The molecule has 7 nitrogen and oxygen atoms in total. The molecule has 0 saturated carbocycles. The van der Waals surface area contributed by atoms with Crippen molar-refractivity contribution in [2.75, 3.05) is 25.5 Å². The number of anilines is 1. The van der Waals surface area contributed by atoms with Crippen LogP contribution in [0, 0.1) is 5.92 Å². The average Bonchev–Trinajstić information content (AvgIpc) is 2.93. The first-order chi connectivity index (χ1) is 10.3. The number of hydrogen-bond acceptors (Lipinski definition) is 5. The zero-order valence-corrected chi connectivity index (χ0v) is 12.0. The standard InChI is InChI=1S/C14H19N5O2/c1-21-9-19-13-11(8-17-19)12(4-7-16-13)18-14(20)10-2-5-15-6-3-10/h4,7-8,10,15H,2-3,5-6,9H2,1H3,(H,16,18,20). The number of fused-ring (bicyclic) bond motifs is 1. The van der Waals surface area contributed by atoms with E-state index in [9.17, 15) is 4.79 Å². The Labute approximate surface area is 122 Å². The van der Waals surface area contributed by atoms with E-state index in [0.717, 1.165) is 37.0 Å². The molecule has 7 heteroatoms. The lowest BCUT2D eigenvalue weighted by Gasteiger charge is -2.21. The van der Waals surface area contributed by atoms with Gasteiger partial charge in [0.05, 0.1) is 17.3 Å². The summed E-state index contributed by atoms with van der Waals surface area (Å²) in [4.78, 5) is 16.6. The molecule has 2 aromatic heterocycles. The van der Waals surface area contributed by atoms with Crippen molar-refractivity contribution in [2.24, 2.45) is 5.92 Å². The molecule has 3 heterocycles. The molecule has 0 radical (unpaired) electrons. The lowest BCUT2D eigenvalue weighted by atomic mass is 9.97. The van der Waals surface area contributed by atoms with Crippen molar-refractivity contribution < 1.29 is 9.53 Å². The van der Waals surface area contributed by atoms with Crippen LogP contribution >= 0.6 is 0 Å². The van der Waals surface area contributed by atoms with Crippen LogP contribution < -0.4 is 10.6 Å². The summed E-state index contributed by atoms with van der Waals surface area (Å²) in [6.45, 7) is 2.13. The number of piperidine rings is 1. The first kappa shape index (κ1) is 14.0. The van der Waals surface area contributed by atoms with Gasteiger partial charge in [-0.2, -0.15) is 5.10 Å². The maximum atomic E-state index is 12.3. The number of aromatic nitrogens is 3. The maximum Gasteiger partial charge on any atom is 0.227 e. The number of rotatable bonds is 4. The highest BCUT2D eigenvalue weighted by molar-refractivity contribution is 6.00. The Morgan fingerprint density at radius 1 is 1.52 bits per heavy atom. The van der Waals surface area contributed by atoms with E-state index in [1.807, 2.05) is 0 Å². The third kappa shape index (κ3) is 2.88. The molecule has 1 aliphatic heterocycles. The normalized spacial score (nSPS) is 16.2. The Bertz CT molecular complexity index is 633. The van der Waals surface area contributed by atoms with Crippen molar-refractivity contribution in [1.82, 2.24) is 20.1 Å². The minimum atomic E-state index is 0.0727. The number of nitrogens with zero attached hydrogens (tertiary/aromatic N) is 3. The van der Waals surface area contributed by atoms with Gasteiger partial charge in [-0.1, -0.05) is 0 Å². The van der Waals surface area contributed by atoms with Crippen LogP contribution in [0.3, 0.4) is 0 Å². The lowest BCUT2D eigenvalue weighted by molar-refractivity contribution is -0.120. The number of ether oxygens (including phenoxy) is 1. The van der Waals surface area contributed by atoms with Crippen LogP contribution in [-0.4, -0.2) is 40.9 Å². The SMILES string of the molecule is COCn1ncc2c(NC(=O)C3CCNCC3)ccnc21. The number of carbonyl (C=O) groups excluding carboxylic acids is 1. The fourth-order valence-corrected chi connectivity index (χ4v) is 2.62. The molecule has 112 valence electrons. The van der Waals surface area contributed by atoms with E-state index in [0.29, 0.717) is 12.4 Å². The summed E-state index contributed by atoms with van der Waals surface area (Å²) in [6.07, 6.45) is 5.14. The van der Waals surface area contributed by atoms with Crippen molar-refractivity contribution in [1.29, 1.82) is 0 Å². The van der Waals surface area contributed by atoms with Crippen LogP contribution in [-0.2, 0) is 16.3 Å². The predicted octanol–water partition coefficient (Wildman–Crippen LogP) is 0.973. The number of nitrogens with one attached hydrogen (secondary N) is 2. The molecule has 0 unspecified atom stereocenters. The molecule has 0 bridgehead atoms. The Morgan fingerprint density at radius 2 is 2.33 bits per heavy atom. The molecular weight excluding hydrogens is 270 g/mol. The van der Waals surface area contributed by atoms with Crippen LogP contribution in [0.1, 0.15) is 12.8 Å². The fourth-order valence-electron chi connectivity index (χ4n) is 2.62. The highest BCUT2D eigenvalue weighted by atomic mass is 16.5. The van der Waals surface area contributed by atoms with Crippen molar-refractivity contribution in [3.05, 3.63) is 18.5 Å². The Kier molecular flexibility index (Phi) is 4.12. The van der Waals surface area contributed by atoms with E-state index in [2.05, 4.69) is 20.7 Å². The molecule has 0 atom stereocenters. The van der Waals surface area contributed by atoms with Crippen LogP contribution in [0.25, 0.3) is 11.0 Å². The van der Waals surface area contributed by atoms with Gasteiger partial charge in [0, 0.05) is 19.2 Å². The van der Waals surface area contributed by atoms with Crippen molar-refractivity contribution in [2.45, 2.75) is 19.6 Å². The van der Waals surface area contributed by atoms with Gasteiger partial charge >= 0.3 is 0 Å². The second kappa shape index (κ2) is 6.19. The summed E-state index contributed by atoms with van der Waals surface area (Å²) in [6, 6.07) is 1.81. The van der Waals surface area contributed by atoms with Crippen molar-refractivity contribution in [3.63, 3.8) is 0 Å². The summed E-state index contributed by atoms with van der Waals surface area (Å²) in [5.74, 6) is 0.145. The second-order valence-corrected chi connectivity index (χ2v) is 5.17. The van der Waals surface area contributed by atoms with E-state index < -0.39 is 0 Å². The number of carbonyl (C=O) groups is 1. The van der Waals surface area contributed by atoms with Gasteiger partial charge in [-0.05, 0) is 32.0 Å². The smallest absolute Gasteiger partial charge is 0.227 e. The molecule has 0 aliphatic carbocycles. The fraction of sp³-hybridized carbons (Fsp3) is 0.500.